The van der Waals surface area contributed by atoms with Gasteiger partial charge in [0.25, 0.3) is 0 Å². The van der Waals surface area contributed by atoms with Crippen molar-refractivity contribution < 1.29 is 9.59 Å². The number of fused-ring (bicyclic) bond motifs is 1. The maximum absolute atomic E-state index is 12.7. The van der Waals surface area contributed by atoms with Gasteiger partial charge in [0, 0.05) is 41.9 Å². The number of carbonyl (C=O) groups is 2. The van der Waals surface area contributed by atoms with Crippen molar-refractivity contribution in [1.82, 2.24) is 9.88 Å². The van der Waals surface area contributed by atoms with Crippen molar-refractivity contribution in [2.45, 2.75) is 40.2 Å². The van der Waals surface area contributed by atoms with E-state index in [1.54, 1.807) is 35.4 Å². The highest BCUT2D eigenvalue weighted by Gasteiger charge is 2.12. The number of Topliss-reactive ketones (excluding diaryl/α,β-unsaturated/α-hetero) is 1. The molecule has 0 aliphatic rings. The SMILES string of the molecule is CCc1cc(/C=C/C(=O)N(C)Cc2sc3ccccc3c2C)cnc1NCCC(C)=O. The lowest BCUT2D eigenvalue weighted by Crippen LogP contribution is -2.23. The van der Waals surface area contributed by atoms with Gasteiger partial charge in [0.1, 0.15) is 11.6 Å². The number of hydrogen-bond acceptors (Lipinski definition) is 5. The molecule has 1 aromatic carbocycles. The van der Waals surface area contributed by atoms with Gasteiger partial charge in [-0.15, -0.1) is 11.3 Å². The number of amides is 1. The fourth-order valence-electron chi connectivity index (χ4n) is 3.37. The second-order valence-electron chi connectivity index (χ2n) is 7.68. The summed E-state index contributed by atoms with van der Waals surface area (Å²) in [6.45, 7) is 6.93. The molecule has 0 bridgehead atoms. The number of benzene rings is 1. The fourth-order valence-corrected chi connectivity index (χ4v) is 4.63. The smallest absolute Gasteiger partial charge is 0.246 e. The quantitative estimate of drug-likeness (QED) is 0.468. The maximum Gasteiger partial charge on any atom is 0.246 e. The topological polar surface area (TPSA) is 62.3 Å². The Morgan fingerprint density at radius 2 is 2.03 bits per heavy atom. The van der Waals surface area contributed by atoms with E-state index in [2.05, 4.69) is 36.3 Å². The van der Waals surface area contributed by atoms with Crippen molar-refractivity contribution in [2.24, 2.45) is 0 Å². The minimum Gasteiger partial charge on any atom is -0.369 e. The number of anilines is 1. The van der Waals surface area contributed by atoms with Gasteiger partial charge < -0.3 is 10.2 Å². The first-order chi connectivity index (χ1) is 14.9. The van der Waals surface area contributed by atoms with Gasteiger partial charge in [-0.2, -0.15) is 0 Å². The molecule has 1 N–H and O–H groups in total. The van der Waals surface area contributed by atoms with Crippen LogP contribution in [0, 0.1) is 6.92 Å². The number of hydrogen-bond donors (Lipinski definition) is 1. The first-order valence-electron chi connectivity index (χ1n) is 10.5. The largest absolute Gasteiger partial charge is 0.369 e. The molecule has 5 nitrogen and oxygen atoms in total. The van der Waals surface area contributed by atoms with Crippen molar-refractivity contribution in [3.8, 4) is 0 Å². The molecule has 6 heteroatoms. The third-order valence-electron chi connectivity index (χ3n) is 5.26. The minimum absolute atomic E-state index is 0.0430. The molecular formula is C25H29N3O2S. The number of likely N-dealkylation sites (N-methyl/N-ethyl adjacent to an activating group) is 1. The summed E-state index contributed by atoms with van der Waals surface area (Å²) < 4.78 is 1.25. The zero-order valence-electron chi connectivity index (χ0n) is 18.6. The Kier molecular flexibility index (Phi) is 7.58. The average molecular weight is 436 g/mol. The fraction of sp³-hybridized carbons (Fsp3) is 0.320. The summed E-state index contributed by atoms with van der Waals surface area (Å²) in [6.07, 6.45) is 6.45. The average Bonchev–Trinajstić information content (AvgIpc) is 3.07. The van der Waals surface area contributed by atoms with Crippen molar-refractivity contribution in [3.05, 3.63) is 64.2 Å². The summed E-state index contributed by atoms with van der Waals surface area (Å²) in [6, 6.07) is 10.4. The van der Waals surface area contributed by atoms with Crippen molar-refractivity contribution in [2.75, 3.05) is 18.9 Å². The summed E-state index contributed by atoms with van der Waals surface area (Å²) in [4.78, 5) is 31.2. The van der Waals surface area contributed by atoms with Crippen LogP contribution in [0.15, 0.2) is 42.6 Å². The van der Waals surface area contributed by atoms with Gasteiger partial charge >= 0.3 is 0 Å². The van der Waals surface area contributed by atoms with Crippen LogP contribution in [-0.2, 0) is 22.6 Å². The molecule has 31 heavy (non-hydrogen) atoms. The molecule has 2 heterocycles. The summed E-state index contributed by atoms with van der Waals surface area (Å²) in [5, 5.41) is 4.48. The molecule has 0 aliphatic heterocycles. The van der Waals surface area contributed by atoms with Crippen LogP contribution in [0.25, 0.3) is 16.2 Å². The van der Waals surface area contributed by atoms with Crippen LogP contribution in [0.5, 0.6) is 0 Å². The molecule has 0 fully saturated rings. The number of nitrogens with zero attached hydrogens (tertiary/aromatic N) is 2. The normalized spacial score (nSPS) is 11.2. The zero-order chi connectivity index (χ0) is 22.4. The first-order valence-corrected chi connectivity index (χ1v) is 11.3. The standard InChI is InChI=1S/C25H29N3O2S/c1-5-20-14-19(15-27-25(20)26-13-12-17(2)29)10-11-24(30)28(4)16-23-18(3)21-8-6-7-9-22(21)31-23/h6-11,14-15H,5,12-13,16H2,1-4H3,(H,26,27)/b11-10+. The zero-order valence-corrected chi connectivity index (χ0v) is 19.4. The monoisotopic (exact) mass is 435 g/mol. The van der Waals surface area contributed by atoms with Crippen LogP contribution < -0.4 is 5.32 Å². The molecule has 0 saturated heterocycles. The number of nitrogens with one attached hydrogen (secondary N) is 1. The van der Waals surface area contributed by atoms with Crippen LogP contribution >= 0.6 is 11.3 Å². The molecule has 2 aromatic heterocycles. The Bertz CT molecular complexity index is 1120. The van der Waals surface area contributed by atoms with Crippen LogP contribution in [-0.4, -0.2) is 35.2 Å². The van der Waals surface area contributed by atoms with Gasteiger partial charge in [-0.05, 0) is 60.6 Å². The lowest BCUT2D eigenvalue weighted by molar-refractivity contribution is -0.125. The van der Waals surface area contributed by atoms with Gasteiger partial charge in [0.15, 0.2) is 0 Å². The van der Waals surface area contributed by atoms with Gasteiger partial charge in [0.2, 0.25) is 5.91 Å². The van der Waals surface area contributed by atoms with Crippen molar-refractivity contribution in [1.29, 1.82) is 0 Å². The number of rotatable bonds is 9. The molecular weight excluding hydrogens is 406 g/mol. The van der Waals surface area contributed by atoms with Gasteiger partial charge in [0.05, 0.1) is 6.54 Å². The molecule has 0 radical (unpaired) electrons. The number of thiophene rings is 1. The highest BCUT2D eigenvalue weighted by Crippen LogP contribution is 2.31. The van der Waals surface area contributed by atoms with E-state index in [1.165, 1.54) is 20.5 Å². The number of pyridine rings is 1. The van der Waals surface area contributed by atoms with E-state index in [0.717, 1.165) is 23.4 Å². The Morgan fingerprint density at radius 1 is 1.26 bits per heavy atom. The molecule has 162 valence electrons. The summed E-state index contributed by atoms with van der Waals surface area (Å²) in [5.74, 6) is 0.904. The predicted octanol–water partition coefficient (Wildman–Crippen LogP) is 5.23. The summed E-state index contributed by atoms with van der Waals surface area (Å²) >= 11 is 1.74. The van der Waals surface area contributed by atoms with E-state index in [4.69, 9.17) is 0 Å². The molecule has 0 aliphatic carbocycles. The van der Waals surface area contributed by atoms with Crippen LogP contribution in [0.4, 0.5) is 5.82 Å². The molecule has 1 amide bonds. The Balaban J connectivity index is 1.65. The van der Waals surface area contributed by atoms with Crippen molar-refractivity contribution >= 4 is 45.0 Å². The highest BCUT2D eigenvalue weighted by molar-refractivity contribution is 7.19. The van der Waals surface area contributed by atoms with E-state index < -0.39 is 0 Å². The number of carbonyl (C=O) groups excluding carboxylic acids is 2. The van der Waals surface area contributed by atoms with E-state index in [-0.39, 0.29) is 11.7 Å². The number of ketones is 1. The van der Waals surface area contributed by atoms with Crippen LogP contribution in [0.1, 0.15) is 41.8 Å². The van der Waals surface area contributed by atoms with Crippen LogP contribution in [0.2, 0.25) is 0 Å². The second-order valence-corrected chi connectivity index (χ2v) is 8.82. The van der Waals surface area contributed by atoms with Crippen LogP contribution in [0.3, 0.4) is 0 Å². The molecule has 0 saturated carbocycles. The first kappa shape index (κ1) is 22.7. The third-order valence-corrected chi connectivity index (χ3v) is 6.51. The molecule has 0 unspecified atom stereocenters. The maximum atomic E-state index is 12.7. The minimum atomic E-state index is -0.0430. The summed E-state index contributed by atoms with van der Waals surface area (Å²) in [7, 11) is 1.83. The Hall–Kier alpha value is -2.99. The lowest BCUT2D eigenvalue weighted by Gasteiger charge is -2.14. The molecule has 3 rings (SSSR count). The van der Waals surface area contributed by atoms with E-state index in [9.17, 15) is 9.59 Å². The van der Waals surface area contributed by atoms with Gasteiger partial charge in [-0.1, -0.05) is 25.1 Å². The second kappa shape index (κ2) is 10.4. The van der Waals surface area contributed by atoms with E-state index in [1.807, 2.05) is 31.3 Å². The highest BCUT2D eigenvalue weighted by atomic mass is 32.1. The Labute approximate surface area is 187 Å². The molecule has 0 atom stereocenters. The third kappa shape index (κ3) is 5.79. The van der Waals surface area contributed by atoms with Gasteiger partial charge in [-0.25, -0.2) is 4.98 Å². The number of aryl methyl sites for hydroxylation is 2. The molecule has 3 aromatic rings. The predicted molar refractivity (Wildman–Crippen MR) is 129 cm³/mol. The van der Waals surface area contributed by atoms with Gasteiger partial charge in [-0.3, -0.25) is 9.59 Å². The number of aromatic nitrogens is 1. The lowest BCUT2D eigenvalue weighted by atomic mass is 10.1. The summed E-state index contributed by atoms with van der Waals surface area (Å²) in [5.41, 5.74) is 3.19. The van der Waals surface area contributed by atoms with Crippen molar-refractivity contribution in [3.63, 3.8) is 0 Å². The van der Waals surface area contributed by atoms with E-state index >= 15 is 0 Å². The Morgan fingerprint density at radius 3 is 2.74 bits per heavy atom. The molecule has 0 spiro atoms. The van der Waals surface area contributed by atoms with E-state index in [0.29, 0.717) is 19.5 Å².